The minimum absolute atomic E-state index is 0.0708. The Labute approximate surface area is 114 Å². The maximum Gasteiger partial charge on any atom is 0.245 e. The molecule has 1 fully saturated rings. The van der Waals surface area contributed by atoms with Crippen LogP contribution < -0.4 is 0 Å². The number of nitrogens with zero attached hydrogens (tertiary/aromatic N) is 3. The molecule has 1 aliphatic rings. The van der Waals surface area contributed by atoms with E-state index in [0.717, 1.165) is 6.42 Å². The second-order valence-electron chi connectivity index (χ2n) is 5.27. The Morgan fingerprint density at radius 2 is 2.26 bits per heavy atom. The van der Waals surface area contributed by atoms with Gasteiger partial charge in [-0.2, -0.15) is 5.10 Å². The van der Waals surface area contributed by atoms with Crippen LogP contribution in [0, 0.1) is 11.8 Å². The second-order valence-corrected chi connectivity index (χ2v) is 7.32. The van der Waals surface area contributed by atoms with Gasteiger partial charge in [-0.25, -0.2) is 12.7 Å². The van der Waals surface area contributed by atoms with Crippen LogP contribution >= 0.6 is 0 Å². The first kappa shape index (κ1) is 14.5. The lowest BCUT2D eigenvalue weighted by atomic mass is 10.3. The number of rotatable bonds is 7. The van der Waals surface area contributed by atoms with E-state index in [4.69, 9.17) is 5.11 Å². The van der Waals surface area contributed by atoms with Crippen molar-refractivity contribution in [3.63, 3.8) is 0 Å². The van der Waals surface area contributed by atoms with Crippen LogP contribution in [0.4, 0.5) is 0 Å². The summed E-state index contributed by atoms with van der Waals surface area (Å²) in [6, 6.07) is 0. The van der Waals surface area contributed by atoms with Crippen molar-refractivity contribution in [2.45, 2.75) is 31.2 Å². The van der Waals surface area contributed by atoms with Crippen LogP contribution in [0.3, 0.4) is 0 Å². The van der Waals surface area contributed by atoms with Gasteiger partial charge in [0.1, 0.15) is 4.90 Å². The summed E-state index contributed by atoms with van der Waals surface area (Å²) in [7, 11) is -1.82. The van der Waals surface area contributed by atoms with Gasteiger partial charge >= 0.3 is 0 Å². The largest absolute Gasteiger partial charge is 0.396 e. The zero-order valence-corrected chi connectivity index (χ0v) is 12.2. The van der Waals surface area contributed by atoms with Crippen LogP contribution in [0.15, 0.2) is 17.3 Å². The van der Waals surface area contributed by atoms with Crippen molar-refractivity contribution in [2.24, 2.45) is 11.8 Å². The van der Waals surface area contributed by atoms with E-state index < -0.39 is 10.0 Å². The minimum atomic E-state index is -3.43. The number of aromatic nitrogens is 2. The average Bonchev–Trinajstić information content (AvgIpc) is 2.88. The van der Waals surface area contributed by atoms with E-state index in [-0.39, 0.29) is 11.5 Å². The molecule has 0 aliphatic heterocycles. The molecule has 1 heterocycles. The molecule has 6 nitrogen and oxygen atoms in total. The SMILES string of the molecule is CC1CC1CN(C)S(=O)(=O)c1cnn(CCCO)c1. The van der Waals surface area contributed by atoms with Crippen molar-refractivity contribution in [3.8, 4) is 0 Å². The number of aryl methyl sites for hydroxylation is 1. The smallest absolute Gasteiger partial charge is 0.245 e. The molecule has 1 saturated carbocycles. The first-order valence-electron chi connectivity index (χ1n) is 6.55. The van der Waals surface area contributed by atoms with Gasteiger partial charge in [0.05, 0.1) is 6.20 Å². The van der Waals surface area contributed by atoms with Crippen LogP contribution in [0.5, 0.6) is 0 Å². The van der Waals surface area contributed by atoms with E-state index >= 15 is 0 Å². The highest BCUT2D eigenvalue weighted by Gasteiger charge is 2.36. The Morgan fingerprint density at radius 3 is 2.84 bits per heavy atom. The van der Waals surface area contributed by atoms with Gasteiger partial charge in [0.2, 0.25) is 10.0 Å². The Morgan fingerprint density at radius 1 is 1.58 bits per heavy atom. The molecule has 2 unspecified atom stereocenters. The molecule has 2 rings (SSSR count). The van der Waals surface area contributed by atoms with Gasteiger partial charge in [0, 0.05) is 32.9 Å². The zero-order chi connectivity index (χ0) is 14.0. The lowest BCUT2D eigenvalue weighted by molar-refractivity contribution is 0.277. The molecule has 0 radical (unpaired) electrons. The Bertz CT molecular complexity index is 526. The Kier molecular flexibility index (Phi) is 4.27. The lowest BCUT2D eigenvalue weighted by Gasteiger charge is -2.15. The zero-order valence-electron chi connectivity index (χ0n) is 11.4. The van der Waals surface area contributed by atoms with Crippen LogP contribution in [-0.4, -0.2) is 47.8 Å². The summed E-state index contributed by atoms with van der Waals surface area (Å²) in [4.78, 5) is 0.223. The molecule has 1 N–H and O–H groups in total. The van der Waals surface area contributed by atoms with E-state index in [1.165, 1.54) is 16.7 Å². The lowest BCUT2D eigenvalue weighted by Crippen LogP contribution is -2.29. The van der Waals surface area contributed by atoms with Gasteiger partial charge in [-0.3, -0.25) is 4.68 Å². The van der Waals surface area contributed by atoms with E-state index in [0.29, 0.717) is 31.3 Å². The van der Waals surface area contributed by atoms with Gasteiger partial charge in [-0.05, 0) is 24.7 Å². The van der Waals surface area contributed by atoms with Crippen molar-refractivity contribution in [1.29, 1.82) is 0 Å². The summed E-state index contributed by atoms with van der Waals surface area (Å²) in [5.41, 5.74) is 0. The van der Waals surface area contributed by atoms with Gasteiger partial charge in [-0.15, -0.1) is 0 Å². The molecule has 0 amide bonds. The first-order chi connectivity index (χ1) is 8.95. The van der Waals surface area contributed by atoms with Crippen LogP contribution in [0.2, 0.25) is 0 Å². The molecular formula is C12H21N3O3S. The normalized spacial score (nSPS) is 22.9. The third-order valence-corrected chi connectivity index (χ3v) is 5.41. The Hall–Kier alpha value is -0.920. The third kappa shape index (κ3) is 3.34. The highest BCUT2D eigenvalue weighted by atomic mass is 32.2. The summed E-state index contributed by atoms with van der Waals surface area (Å²) in [6.07, 6.45) is 4.57. The van der Waals surface area contributed by atoms with Crippen LogP contribution in [-0.2, 0) is 16.6 Å². The van der Waals surface area contributed by atoms with Crippen molar-refractivity contribution in [2.75, 3.05) is 20.2 Å². The predicted octanol–water partition coefficient (Wildman–Crippen LogP) is 0.542. The Balaban J connectivity index is 2.03. The van der Waals surface area contributed by atoms with E-state index in [1.807, 2.05) is 0 Å². The summed E-state index contributed by atoms with van der Waals surface area (Å²) in [6.45, 7) is 3.31. The van der Waals surface area contributed by atoms with Gasteiger partial charge in [-0.1, -0.05) is 6.92 Å². The molecule has 7 heteroatoms. The quantitative estimate of drug-likeness (QED) is 0.794. The summed E-state index contributed by atoms with van der Waals surface area (Å²) in [5.74, 6) is 1.12. The fraction of sp³-hybridized carbons (Fsp3) is 0.750. The minimum Gasteiger partial charge on any atom is -0.396 e. The fourth-order valence-electron chi connectivity index (χ4n) is 2.09. The van der Waals surface area contributed by atoms with Crippen molar-refractivity contribution >= 4 is 10.0 Å². The molecule has 0 saturated heterocycles. The maximum absolute atomic E-state index is 12.3. The molecule has 0 spiro atoms. The summed E-state index contributed by atoms with van der Waals surface area (Å²) >= 11 is 0. The van der Waals surface area contributed by atoms with Gasteiger partial charge < -0.3 is 5.11 Å². The van der Waals surface area contributed by atoms with Crippen molar-refractivity contribution in [3.05, 3.63) is 12.4 Å². The standard InChI is InChI=1S/C12H21N3O3S/c1-10-6-11(10)8-14(2)19(17,18)12-7-13-15(9-12)4-3-5-16/h7,9-11,16H,3-6,8H2,1-2H3. The molecule has 19 heavy (non-hydrogen) atoms. The van der Waals surface area contributed by atoms with E-state index in [9.17, 15) is 8.42 Å². The molecule has 1 aliphatic carbocycles. The fourth-order valence-corrected chi connectivity index (χ4v) is 3.28. The van der Waals surface area contributed by atoms with Gasteiger partial charge in [0.25, 0.3) is 0 Å². The predicted molar refractivity (Wildman–Crippen MR) is 71.0 cm³/mol. The highest BCUT2D eigenvalue weighted by molar-refractivity contribution is 7.89. The van der Waals surface area contributed by atoms with Crippen LogP contribution in [0.25, 0.3) is 0 Å². The molecule has 0 bridgehead atoms. The van der Waals surface area contributed by atoms with Gasteiger partial charge in [0.15, 0.2) is 0 Å². The van der Waals surface area contributed by atoms with E-state index in [2.05, 4.69) is 12.0 Å². The van der Waals surface area contributed by atoms with Crippen molar-refractivity contribution < 1.29 is 13.5 Å². The van der Waals surface area contributed by atoms with Crippen LogP contribution in [0.1, 0.15) is 19.8 Å². The topological polar surface area (TPSA) is 75.4 Å². The number of aliphatic hydroxyl groups is 1. The summed E-state index contributed by atoms with van der Waals surface area (Å²) in [5, 5.41) is 12.8. The molecular weight excluding hydrogens is 266 g/mol. The van der Waals surface area contributed by atoms with Crippen molar-refractivity contribution in [1.82, 2.24) is 14.1 Å². The molecule has 0 aromatic carbocycles. The maximum atomic E-state index is 12.3. The molecule has 1 aromatic rings. The number of aliphatic hydroxyl groups excluding tert-OH is 1. The molecule has 2 atom stereocenters. The number of sulfonamides is 1. The summed E-state index contributed by atoms with van der Waals surface area (Å²) < 4.78 is 27.6. The first-order valence-corrected chi connectivity index (χ1v) is 7.99. The molecule has 1 aromatic heterocycles. The second kappa shape index (κ2) is 5.60. The molecule has 108 valence electrons. The number of hydrogen-bond donors (Lipinski definition) is 1. The highest BCUT2D eigenvalue weighted by Crippen LogP contribution is 2.38. The number of hydrogen-bond acceptors (Lipinski definition) is 4. The monoisotopic (exact) mass is 287 g/mol. The van der Waals surface area contributed by atoms with E-state index in [1.54, 1.807) is 11.7 Å². The average molecular weight is 287 g/mol. The third-order valence-electron chi connectivity index (χ3n) is 3.63.